The van der Waals surface area contributed by atoms with Crippen molar-refractivity contribution >= 4 is 17.7 Å². The van der Waals surface area contributed by atoms with Crippen molar-refractivity contribution in [3.8, 4) is 0 Å². The van der Waals surface area contributed by atoms with Crippen molar-refractivity contribution in [1.82, 2.24) is 10.3 Å². The number of rotatable bonds is 6. The molecule has 1 aromatic rings. The van der Waals surface area contributed by atoms with E-state index >= 15 is 0 Å². The summed E-state index contributed by atoms with van der Waals surface area (Å²) in [6.07, 6.45) is 7.51. The monoisotopic (exact) mass is 308 g/mol. The first-order valence-corrected chi connectivity index (χ1v) is 8.57. The first-order chi connectivity index (χ1) is 10.2. The molecule has 1 aliphatic carbocycles. The number of likely N-dealkylation sites (N-methyl/N-ethyl adjacent to an activating group) is 1. The molecule has 0 amide bonds. The van der Waals surface area contributed by atoms with Gasteiger partial charge in [-0.3, -0.25) is 9.78 Å². The minimum atomic E-state index is -0.506. The minimum absolute atomic E-state index is 0.0909. The smallest absolute Gasteiger partial charge is 0.326 e. The van der Waals surface area contributed by atoms with E-state index in [1.807, 2.05) is 50.1 Å². The summed E-state index contributed by atoms with van der Waals surface area (Å²) in [7, 11) is 0. The molecule has 0 radical (unpaired) electrons. The van der Waals surface area contributed by atoms with E-state index in [9.17, 15) is 4.79 Å². The van der Waals surface area contributed by atoms with Gasteiger partial charge in [-0.1, -0.05) is 6.92 Å². The molecule has 4 nitrogen and oxygen atoms in total. The maximum atomic E-state index is 12.4. The van der Waals surface area contributed by atoms with Gasteiger partial charge >= 0.3 is 5.97 Å². The SMILES string of the molecule is CCNC1(C(=O)OCC)CCCC(Sc2ccncc2)C1. The molecule has 1 aliphatic rings. The Labute approximate surface area is 131 Å². The van der Waals surface area contributed by atoms with Crippen LogP contribution in [0, 0.1) is 0 Å². The molecule has 0 spiro atoms. The van der Waals surface area contributed by atoms with Gasteiger partial charge in [0.05, 0.1) is 6.61 Å². The maximum absolute atomic E-state index is 12.4. The molecule has 21 heavy (non-hydrogen) atoms. The molecule has 0 saturated heterocycles. The van der Waals surface area contributed by atoms with Gasteiger partial charge in [-0.25, -0.2) is 0 Å². The molecular weight excluding hydrogens is 284 g/mol. The molecule has 1 saturated carbocycles. The predicted molar refractivity (Wildman–Crippen MR) is 85.4 cm³/mol. The molecule has 2 unspecified atom stereocenters. The number of thioether (sulfide) groups is 1. The van der Waals surface area contributed by atoms with Crippen molar-refractivity contribution in [2.75, 3.05) is 13.2 Å². The molecule has 1 heterocycles. The average Bonchev–Trinajstić information content (AvgIpc) is 2.49. The molecule has 116 valence electrons. The quantitative estimate of drug-likeness (QED) is 0.819. The summed E-state index contributed by atoms with van der Waals surface area (Å²) in [6.45, 7) is 5.13. The summed E-state index contributed by atoms with van der Waals surface area (Å²) in [5.41, 5.74) is -0.506. The Morgan fingerprint density at radius 1 is 1.48 bits per heavy atom. The fraction of sp³-hybridized carbons (Fsp3) is 0.625. The third-order valence-corrected chi connectivity index (χ3v) is 5.12. The topological polar surface area (TPSA) is 51.2 Å². The lowest BCUT2D eigenvalue weighted by molar-refractivity contribution is -0.152. The molecule has 2 rings (SSSR count). The lowest BCUT2D eigenvalue weighted by atomic mass is 9.81. The van der Waals surface area contributed by atoms with Gasteiger partial charge in [0.2, 0.25) is 0 Å². The van der Waals surface area contributed by atoms with Crippen molar-refractivity contribution < 1.29 is 9.53 Å². The van der Waals surface area contributed by atoms with Gasteiger partial charge in [0, 0.05) is 22.5 Å². The highest BCUT2D eigenvalue weighted by molar-refractivity contribution is 8.00. The van der Waals surface area contributed by atoms with E-state index < -0.39 is 5.54 Å². The van der Waals surface area contributed by atoms with Crippen LogP contribution >= 0.6 is 11.8 Å². The van der Waals surface area contributed by atoms with Crippen LogP contribution in [-0.4, -0.2) is 34.9 Å². The second kappa shape index (κ2) is 7.80. The second-order valence-corrected chi connectivity index (χ2v) is 6.73. The zero-order chi connectivity index (χ0) is 15.1. The van der Waals surface area contributed by atoms with Crippen LogP contribution in [0.1, 0.15) is 39.5 Å². The fourth-order valence-electron chi connectivity index (χ4n) is 2.96. The van der Waals surface area contributed by atoms with Crippen LogP contribution in [0.4, 0.5) is 0 Å². The largest absolute Gasteiger partial charge is 0.465 e. The van der Waals surface area contributed by atoms with Crippen LogP contribution in [0.15, 0.2) is 29.4 Å². The van der Waals surface area contributed by atoms with Crippen molar-refractivity contribution in [2.45, 2.75) is 55.2 Å². The van der Waals surface area contributed by atoms with Crippen LogP contribution < -0.4 is 5.32 Å². The van der Waals surface area contributed by atoms with Crippen LogP contribution in [0.5, 0.6) is 0 Å². The highest BCUT2D eigenvalue weighted by atomic mass is 32.2. The molecule has 0 aromatic carbocycles. The van der Waals surface area contributed by atoms with E-state index in [0.29, 0.717) is 11.9 Å². The zero-order valence-corrected chi connectivity index (χ0v) is 13.6. The Bertz CT molecular complexity index is 451. The van der Waals surface area contributed by atoms with E-state index in [0.717, 1.165) is 32.2 Å². The molecule has 1 aromatic heterocycles. The number of pyridine rings is 1. The number of esters is 1. The van der Waals surface area contributed by atoms with E-state index in [2.05, 4.69) is 10.3 Å². The summed E-state index contributed by atoms with van der Waals surface area (Å²) >= 11 is 1.84. The lowest BCUT2D eigenvalue weighted by Crippen LogP contribution is -2.56. The van der Waals surface area contributed by atoms with Crippen LogP contribution in [0.2, 0.25) is 0 Å². The molecular formula is C16H24N2O2S. The van der Waals surface area contributed by atoms with Gasteiger partial charge in [-0.2, -0.15) is 0 Å². The second-order valence-electron chi connectivity index (χ2n) is 5.35. The number of aromatic nitrogens is 1. The summed E-state index contributed by atoms with van der Waals surface area (Å²) in [5, 5.41) is 3.83. The fourth-order valence-corrected chi connectivity index (χ4v) is 4.28. The number of hydrogen-bond acceptors (Lipinski definition) is 5. The Kier molecular flexibility index (Phi) is 6.06. The normalized spacial score (nSPS) is 25.5. The third kappa shape index (κ3) is 4.20. The van der Waals surface area contributed by atoms with Gasteiger partial charge in [0.15, 0.2) is 0 Å². The van der Waals surface area contributed by atoms with E-state index in [4.69, 9.17) is 4.74 Å². The summed E-state index contributed by atoms with van der Waals surface area (Å²) in [5.74, 6) is -0.0909. The van der Waals surface area contributed by atoms with Crippen LogP contribution in [0.3, 0.4) is 0 Å². The molecule has 0 bridgehead atoms. The summed E-state index contributed by atoms with van der Waals surface area (Å²) in [4.78, 5) is 17.7. The highest BCUT2D eigenvalue weighted by Crippen LogP contribution is 2.38. The number of hydrogen-bond donors (Lipinski definition) is 1. The first kappa shape index (κ1) is 16.3. The van der Waals surface area contributed by atoms with Gasteiger partial charge in [0.1, 0.15) is 5.54 Å². The number of ether oxygens (including phenoxy) is 1. The number of nitrogens with one attached hydrogen (secondary N) is 1. The van der Waals surface area contributed by atoms with E-state index in [-0.39, 0.29) is 5.97 Å². The Morgan fingerprint density at radius 3 is 2.90 bits per heavy atom. The number of carbonyl (C=O) groups is 1. The van der Waals surface area contributed by atoms with E-state index in [1.54, 1.807) is 0 Å². The zero-order valence-electron chi connectivity index (χ0n) is 12.8. The first-order valence-electron chi connectivity index (χ1n) is 7.69. The summed E-state index contributed by atoms with van der Waals surface area (Å²) in [6, 6.07) is 4.05. The van der Waals surface area contributed by atoms with Gasteiger partial charge in [0.25, 0.3) is 0 Å². The minimum Gasteiger partial charge on any atom is -0.465 e. The van der Waals surface area contributed by atoms with Gasteiger partial charge in [-0.15, -0.1) is 11.8 Å². The predicted octanol–water partition coefficient (Wildman–Crippen LogP) is 3.03. The van der Waals surface area contributed by atoms with E-state index in [1.165, 1.54) is 4.90 Å². The van der Waals surface area contributed by atoms with Crippen LogP contribution in [0.25, 0.3) is 0 Å². The van der Waals surface area contributed by atoms with Crippen molar-refractivity contribution in [3.63, 3.8) is 0 Å². The average molecular weight is 308 g/mol. The standard InChI is InChI=1S/C16H24N2O2S/c1-3-18-16(15(19)20-4-2)9-5-6-14(12-16)21-13-7-10-17-11-8-13/h7-8,10-11,14,18H,3-6,9,12H2,1-2H3. The molecule has 5 heteroatoms. The molecule has 2 atom stereocenters. The van der Waals surface area contributed by atoms with Gasteiger partial charge < -0.3 is 10.1 Å². The highest BCUT2D eigenvalue weighted by Gasteiger charge is 2.43. The number of nitrogens with zero attached hydrogens (tertiary/aromatic N) is 1. The third-order valence-electron chi connectivity index (χ3n) is 3.84. The Morgan fingerprint density at radius 2 is 2.24 bits per heavy atom. The van der Waals surface area contributed by atoms with Crippen LogP contribution in [-0.2, 0) is 9.53 Å². The molecule has 1 N–H and O–H groups in total. The van der Waals surface area contributed by atoms with Crippen molar-refractivity contribution in [1.29, 1.82) is 0 Å². The van der Waals surface area contributed by atoms with Crippen molar-refractivity contribution in [2.24, 2.45) is 0 Å². The van der Waals surface area contributed by atoms with Crippen molar-refractivity contribution in [3.05, 3.63) is 24.5 Å². The lowest BCUT2D eigenvalue weighted by Gasteiger charge is -2.39. The maximum Gasteiger partial charge on any atom is 0.326 e. The Hall–Kier alpha value is -1.07. The molecule has 1 fully saturated rings. The summed E-state index contributed by atoms with van der Waals surface area (Å²) < 4.78 is 5.32. The molecule has 0 aliphatic heterocycles. The Balaban J connectivity index is 2.07. The van der Waals surface area contributed by atoms with Gasteiger partial charge in [-0.05, 0) is 51.3 Å². The number of carbonyl (C=O) groups excluding carboxylic acids is 1.